The number of rotatable bonds is 2. The van der Waals surface area contributed by atoms with Crippen LogP contribution in [0.25, 0.3) is 5.73 Å². The highest BCUT2D eigenvalue weighted by atomic mass is 16.6. The molecule has 1 aromatic rings. The van der Waals surface area contributed by atoms with E-state index >= 15 is 0 Å². The number of amides is 1. The van der Waals surface area contributed by atoms with E-state index in [-0.39, 0.29) is 12.0 Å². The molecule has 8 nitrogen and oxygen atoms in total. The van der Waals surface area contributed by atoms with Gasteiger partial charge in [0.2, 0.25) is 5.27 Å². The predicted octanol–water partition coefficient (Wildman–Crippen LogP) is 0.0559. The first-order chi connectivity index (χ1) is 8.20. The normalized spacial score (nSPS) is 16.1. The number of ether oxygens (including phenoxy) is 1. The Bertz CT molecular complexity index is 386. The van der Waals surface area contributed by atoms with Crippen LogP contribution in [0.3, 0.4) is 0 Å². The monoisotopic (exact) mass is 241 g/mol. The molecule has 0 radical (unpaired) electrons. The third-order valence-electron chi connectivity index (χ3n) is 2.53. The van der Waals surface area contributed by atoms with Gasteiger partial charge in [0.05, 0.1) is 24.5 Å². The molecule has 1 aromatic heterocycles. The van der Waals surface area contributed by atoms with Gasteiger partial charge in [-0.3, -0.25) is 0 Å². The van der Waals surface area contributed by atoms with Crippen molar-refractivity contribution >= 4 is 12.0 Å². The highest BCUT2D eigenvalue weighted by Crippen LogP contribution is 2.04. The zero-order valence-corrected chi connectivity index (χ0v) is 9.63. The van der Waals surface area contributed by atoms with E-state index in [9.17, 15) is 4.79 Å². The SMILES string of the molecule is CCOC(=O)N1CCN([n+]2cc([NH-])on2)CC1. The standard InChI is InChI=1S/C9H15N5O3/c1-2-16-9(15)12-3-5-13(6-4-12)14-7-8(10)17-11-14/h7H,2-6H2,1H3,(H-,10,11). The van der Waals surface area contributed by atoms with Gasteiger partial charge in [0.15, 0.2) is 0 Å². The summed E-state index contributed by atoms with van der Waals surface area (Å²) in [5.74, 6) is 0.0119. The van der Waals surface area contributed by atoms with Crippen molar-refractivity contribution in [3.63, 3.8) is 0 Å². The molecule has 1 N–H and O–H groups in total. The second kappa shape index (κ2) is 4.89. The van der Waals surface area contributed by atoms with Crippen molar-refractivity contribution in [2.24, 2.45) is 0 Å². The minimum absolute atomic E-state index is 0.0119. The van der Waals surface area contributed by atoms with Gasteiger partial charge < -0.3 is 19.9 Å². The van der Waals surface area contributed by atoms with Crippen LogP contribution in [-0.2, 0) is 4.74 Å². The van der Waals surface area contributed by atoms with Gasteiger partial charge in [-0.2, -0.15) is 0 Å². The van der Waals surface area contributed by atoms with Crippen molar-refractivity contribution in [3.8, 4) is 0 Å². The number of carbonyl (C=O) groups is 1. The minimum atomic E-state index is -0.279. The minimum Gasteiger partial charge on any atom is -0.660 e. The molecular weight excluding hydrogens is 226 g/mol. The topological polar surface area (TPSA) is 86.5 Å². The van der Waals surface area contributed by atoms with Gasteiger partial charge in [0.1, 0.15) is 5.88 Å². The zero-order chi connectivity index (χ0) is 12.3. The van der Waals surface area contributed by atoms with Crippen LogP contribution in [0.2, 0.25) is 0 Å². The molecular formula is C9H15N5O3. The Morgan fingerprint density at radius 1 is 1.59 bits per heavy atom. The Morgan fingerprint density at radius 3 is 2.82 bits per heavy atom. The molecule has 0 unspecified atom stereocenters. The predicted molar refractivity (Wildman–Crippen MR) is 57.2 cm³/mol. The van der Waals surface area contributed by atoms with Gasteiger partial charge in [-0.15, -0.1) is 5.01 Å². The van der Waals surface area contributed by atoms with Crippen LogP contribution in [0.1, 0.15) is 6.92 Å². The number of hydrogen-bond acceptors (Lipinski definition) is 5. The van der Waals surface area contributed by atoms with Gasteiger partial charge in [0.25, 0.3) is 6.20 Å². The lowest BCUT2D eigenvalue weighted by Gasteiger charge is -2.29. The summed E-state index contributed by atoms with van der Waals surface area (Å²) in [5, 5.41) is 5.59. The fourth-order valence-electron chi connectivity index (χ4n) is 1.67. The Balaban J connectivity index is 1.88. The molecule has 0 spiro atoms. The molecule has 17 heavy (non-hydrogen) atoms. The van der Waals surface area contributed by atoms with Crippen LogP contribution in [-0.4, -0.2) is 49.1 Å². The molecule has 0 bridgehead atoms. The number of carbonyl (C=O) groups excluding carboxylic acids is 1. The number of nitrogens with one attached hydrogen (secondary N) is 1. The molecule has 0 saturated carbocycles. The Kier molecular flexibility index (Phi) is 3.31. The van der Waals surface area contributed by atoms with Crippen LogP contribution >= 0.6 is 0 Å². The molecule has 2 heterocycles. The summed E-state index contributed by atoms with van der Waals surface area (Å²) in [6.45, 7) is 4.59. The van der Waals surface area contributed by atoms with E-state index in [0.29, 0.717) is 32.8 Å². The second-order valence-corrected chi connectivity index (χ2v) is 3.63. The first kappa shape index (κ1) is 11.5. The Hall–Kier alpha value is -1.99. The third kappa shape index (κ3) is 2.58. The van der Waals surface area contributed by atoms with E-state index in [1.54, 1.807) is 11.8 Å². The van der Waals surface area contributed by atoms with Crippen LogP contribution in [0, 0.1) is 0 Å². The van der Waals surface area contributed by atoms with E-state index in [1.807, 2.05) is 5.01 Å². The van der Waals surface area contributed by atoms with Crippen molar-refractivity contribution in [3.05, 3.63) is 11.9 Å². The molecule has 1 fully saturated rings. The molecule has 1 aliphatic heterocycles. The maximum atomic E-state index is 11.5. The van der Waals surface area contributed by atoms with Crippen molar-refractivity contribution in [1.29, 1.82) is 0 Å². The fourth-order valence-corrected chi connectivity index (χ4v) is 1.67. The van der Waals surface area contributed by atoms with Crippen molar-refractivity contribution < 1.29 is 18.8 Å². The molecule has 8 heteroatoms. The highest BCUT2D eigenvalue weighted by molar-refractivity contribution is 5.67. The maximum Gasteiger partial charge on any atom is 0.409 e. The summed E-state index contributed by atoms with van der Waals surface area (Å²) in [7, 11) is 0. The molecule has 0 atom stereocenters. The summed E-state index contributed by atoms with van der Waals surface area (Å²) in [6, 6.07) is 0. The fraction of sp³-hybridized carbons (Fsp3) is 0.667. The van der Waals surface area contributed by atoms with Crippen molar-refractivity contribution in [2.45, 2.75) is 6.92 Å². The zero-order valence-electron chi connectivity index (χ0n) is 9.63. The number of aromatic nitrogens is 2. The average Bonchev–Trinajstić information content (AvgIpc) is 2.76. The van der Waals surface area contributed by atoms with E-state index in [2.05, 4.69) is 9.79 Å². The lowest BCUT2D eigenvalue weighted by Crippen LogP contribution is -2.65. The maximum absolute atomic E-state index is 11.5. The number of piperazine rings is 1. The molecule has 2 rings (SSSR count). The molecule has 0 aromatic carbocycles. The second-order valence-electron chi connectivity index (χ2n) is 3.63. The third-order valence-corrected chi connectivity index (χ3v) is 2.53. The van der Waals surface area contributed by atoms with Crippen LogP contribution in [0.5, 0.6) is 0 Å². The van der Waals surface area contributed by atoms with E-state index in [1.165, 1.54) is 11.0 Å². The lowest BCUT2D eigenvalue weighted by molar-refractivity contribution is -0.759. The molecule has 1 aliphatic rings. The lowest BCUT2D eigenvalue weighted by atomic mass is 10.4. The van der Waals surface area contributed by atoms with E-state index in [0.717, 1.165) is 0 Å². The molecule has 0 aliphatic carbocycles. The summed E-state index contributed by atoms with van der Waals surface area (Å²) in [4.78, 5) is 14.6. The Labute approximate surface area is 98.4 Å². The van der Waals surface area contributed by atoms with Gasteiger partial charge in [0, 0.05) is 13.1 Å². The number of nitrogens with zero attached hydrogens (tertiary/aromatic N) is 4. The van der Waals surface area contributed by atoms with Crippen molar-refractivity contribution in [2.75, 3.05) is 37.8 Å². The summed E-state index contributed by atoms with van der Waals surface area (Å²) < 4.78 is 9.59. The highest BCUT2D eigenvalue weighted by Gasteiger charge is 2.27. The Morgan fingerprint density at radius 2 is 2.29 bits per heavy atom. The van der Waals surface area contributed by atoms with Crippen LogP contribution in [0.15, 0.2) is 10.7 Å². The quantitative estimate of drug-likeness (QED) is 0.683. The first-order valence-electron chi connectivity index (χ1n) is 5.48. The van der Waals surface area contributed by atoms with Gasteiger partial charge in [-0.05, 0) is 6.92 Å². The van der Waals surface area contributed by atoms with Gasteiger partial charge in [-0.1, -0.05) is 0 Å². The average molecular weight is 241 g/mol. The van der Waals surface area contributed by atoms with Gasteiger partial charge in [-0.25, -0.2) is 4.79 Å². The van der Waals surface area contributed by atoms with E-state index < -0.39 is 0 Å². The summed E-state index contributed by atoms with van der Waals surface area (Å²) in [6.07, 6.45) is 1.21. The molecule has 94 valence electrons. The van der Waals surface area contributed by atoms with Gasteiger partial charge >= 0.3 is 6.09 Å². The smallest absolute Gasteiger partial charge is 0.409 e. The number of hydrogen-bond donors (Lipinski definition) is 0. The van der Waals surface area contributed by atoms with Crippen LogP contribution < -0.4 is 9.80 Å². The summed E-state index contributed by atoms with van der Waals surface area (Å²) in [5.41, 5.74) is 7.24. The van der Waals surface area contributed by atoms with Crippen LogP contribution in [0.4, 0.5) is 10.7 Å². The molecule has 1 amide bonds. The molecule has 1 saturated heterocycles. The summed E-state index contributed by atoms with van der Waals surface area (Å²) >= 11 is 0. The largest absolute Gasteiger partial charge is 0.660 e. The van der Waals surface area contributed by atoms with Crippen molar-refractivity contribution in [1.82, 2.24) is 10.2 Å². The van der Waals surface area contributed by atoms with E-state index in [4.69, 9.17) is 10.5 Å². The first-order valence-corrected chi connectivity index (χ1v) is 5.48.